The van der Waals surface area contributed by atoms with Gasteiger partial charge >= 0.3 is 0 Å². The summed E-state index contributed by atoms with van der Waals surface area (Å²) in [4.78, 5) is 27.4. The van der Waals surface area contributed by atoms with Crippen LogP contribution in [0.5, 0.6) is 17.2 Å². The molecule has 0 spiro atoms. The molecule has 0 saturated heterocycles. The zero-order valence-electron chi connectivity index (χ0n) is 18.9. The molecule has 0 aromatic heterocycles. The summed E-state index contributed by atoms with van der Waals surface area (Å²) >= 11 is 0. The molecule has 0 bridgehead atoms. The Balaban J connectivity index is 2.18. The number of para-hydroxylation sites is 2. The number of carbonyl (C=O) groups is 2. The van der Waals surface area contributed by atoms with Crippen molar-refractivity contribution in [3.05, 3.63) is 54.1 Å². The third-order valence-electron chi connectivity index (χ3n) is 5.10. The van der Waals surface area contributed by atoms with Crippen molar-refractivity contribution >= 4 is 11.8 Å². The maximum Gasteiger partial charge on any atom is 0.261 e. The lowest BCUT2D eigenvalue weighted by Gasteiger charge is -2.29. The van der Waals surface area contributed by atoms with Crippen molar-refractivity contribution in [1.29, 1.82) is 0 Å². The molecule has 0 heterocycles. The van der Waals surface area contributed by atoms with E-state index in [9.17, 15) is 9.59 Å². The summed E-state index contributed by atoms with van der Waals surface area (Å²) in [5.74, 6) is 1.24. The number of benzene rings is 2. The number of rotatable bonds is 11. The molecule has 0 aliphatic heterocycles. The number of nitrogens with zero attached hydrogens (tertiary/aromatic N) is 1. The Hall–Kier alpha value is -3.22. The van der Waals surface area contributed by atoms with Gasteiger partial charge < -0.3 is 24.4 Å². The Bertz CT molecular complexity index is 853. The number of amides is 2. The quantitative estimate of drug-likeness (QED) is 0.594. The number of methoxy groups -OCH3 is 2. The van der Waals surface area contributed by atoms with E-state index < -0.39 is 6.04 Å². The third kappa shape index (κ3) is 6.91. The van der Waals surface area contributed by atoms with Crippen LogP contribution in [0.25, 0.3) is 0 Å². The lowest BCUT2D eigenvalue weighted by atomic mass is 10.1. The van der Waals surface area contributed by atoms with Crippen LogP contribution in [0.3, 0.4) is 0 Å². The monoisotopic (exact) mass is 428 g/mol. The molecule has 2 aromatic rings. The van der Waals surface area contributed by atoms with Gasteiger partial charge in [-0.05, 0) is 50.1 Å². The molecule has 31 heavy (non-hydrogen) atoms. The first kappa shape index (κ1) is 24.1. The lowest BCUT2D eigenvalue weighted by molar-refractivity contribution is -0.142. The lowest BCUT2D eigenvalue weighted by Crippen LogP contribution is -2.50. The highest BCUT2D eigenvalue weighted by Gasteiger charge is 2.27. The maximum absolute atomic E-state index is 13.1. The average molecular weight is 429 g/mol. The van der Waals surface area contributed by atoms with Crippen LogP contribution in [-0.4, -0.2) is 49.6 Å². The standard InChI is InChI=1S/C24H32N2O5/c1-6-17(2)25-24(28)18(3)26(15-19-11-13-20(29-4)14-12-19)23(27)16-31-22-10-8-7-9-21(22)30-5/h7-14,17-18H,6,15-16H2,1-5H3,(H,25,28)/t17-,18+/m0/s1. The van der Waals surface area contributed by atoms with Crippen LogP contribution in [0.4, 0.5) is 0 Å². The Kier molecular flexibility index (Phi) is 9.18. The van der Waals surface area contributed by atoms with Crippen molar-refractivity contribution in [2.75, 3.05) is 20.8 Å². The van der Waals surface area contributed by atoms with E-state index in [0.717, 1.165) is 17.7 Å². The number of carbonyl (C=O) groups excluding carboxylic acids is 2. The molecule has 0 aliphatic rings. The summed E-state index contributed by atoms with van der Waals surface area (Å²) in [6.07, 6.45) is 0.807. The number of hydrogen-bond acceptors (Lipinski definition) is 5. The molecule has 0 aliphatic carbocycles. The summed E-state index contributed by atoms with van der Waals surface area (Å²) < 4.78 is 16.2. The fourth-order valence-electron chi connectivity index (χ4n) is 2.94. The minimum Gasteiger partial charge on any atom is -0.497 e. The summed E-state index contributed by atoms with van der Waals surface area (Å²) in [6, 6.07) is 13.9. The first-order chi connectivity index (χ1) is 14.9. The summed E-state index contributed by atoms with van der Waals surface area (Å²) in [5.41, 5.74) is 0.884. The fourth-order valence-corrected chi connectivity index (χ4v) is 2.94. The highest BCUT2D eigenvalue weighted by molar-refractivity contribution is 5.88. The zero-order valence-corrected chi connectivity index (χ0v) is 18.9. The molecule has 168 valence electrons. The van der Waals surface area contributed by atoms with E-state index in [1.54, 1.807) is 39.3 Å². The summed E-state index contributed by atoms with van der Waals surface area (Å²) in [5, 5.41) is 2.95. The van der Waals surface area contributed by atoms with Gasteiger partial charge in [-0.2, -0.15) is 0 Å². The number of ether oxygens (including phenoxy) is 3. The minimum atomic E-state index is -0.662. The van der Waals surface area contributed by atoms with Crippen molar-refractivity contribution in [3.8, 4) is 17.2 Å². The molecule has 0 fully saturated rings. The van der Waals surface area contributed by atoms with Gasteiger partial charge in [-0.15, -0.1) is 0 Å². The molecule has 0 unspecified atom stereocenters. The predicted molar refractivity (Wildman–Crippen MR) is 119 cm³/mol. The second-order valence-corrected chi connectivity index (χ2v) is 7.30. The topological polar surface area (TPSA) is 77.1 Å². The van der Waals surface area contributed by atoms with Gasteiger partial charge in [0.1, 0.15) is 11.8 Å². The molecular weight excluding hydrogens is 396 g/mol. The molecule has 2 aromatic carbocycles. The summed E-state index contributed by atoms with van der Waals surface area (Å²) in [7, 11) is 3.14. The van der Waals surface area contributed by atoms with E-state index in [-0.39, 0.29) is 31.0 Å². The molecule has 7 nitrogen and oxygen atoms in total. The van der Waals surface area contributed by atoms with Crippen molar-refractivity contribution in [3.63, 3.8) is 0 Å². The molecule has 2 rings (SSSR count). The molecule has 1 N–H and O–H groups in total. The van der Waals surface area contributed by atoms with E-state index >= 15 is 0 Å². The van der Waals surface area contributed by atoms with Gasteiger partial charge in [-0.1, -0.05) is 31.2 Å². The van der Waals surface area contributed by atoms with Crippen molar-refractivity contribution < 1.29 is 23.8 Å². The van der Waals surface area contributed by atoms with Crippen molar-refractivity contribution in [1.82, 2.24) is 10.2 Å². The van der Waals surface area contributed by atoms with Crippen molar-refractivity contribution in [2.45, 2.75) is 45.8 Å². The van der Waals surface area contributed by atoms with E-state index in [0.29, 0.717) is 11.5 Å². The smallest absolute Gasteiger partial charge is 0.261 e. The maximum atomic E-state index is 13.1. The normalized spacial score (nSPS) is 12.4. The van der Waals surface area contributed by atoms with Crippen molar-refractivity contribution in [2.24, 2.45) is 0 Å². The van der Waals surface area contributed by atoms with Crippen LogP contribution < -0.4 is 19.5 Å². The molecular formula is C24H32N2O5. The van der Waals surface area contributed by atoms with Crippen LogP contribution in [0.2, 0.25) is 0 Å². The molecule has 2 atom stereocenters. The first-order valence-corrected chi connectivity index (χ1v) is 10.4. The molecule has 0 radical (unpaired) electrons. The van der Waals surface area contributed by atoms with E-state index in [1.165, 1.54) is 4.90 Å². The minimum absolute atomic E-state index is 0.0257. The van der Waals surface area contributed by atoms with Crippen LogP contribution >= 0.6 is 0 Å². The second-order valence-electron chi connectivity index (χ2n) is 7.30. The van der Waals surface area contributed by atoms with Crippen LogP contribution in [0, 0.1) is 0 Å². The van der Waals surface area contributed by atoms with Gasteiger partial charge in [0.05, 0.1) is 14.2 Å². The highest BCUT2D eigenvalue weighted by Crippen LogP contribution is 2.26. The highest BCUT2D eigenvalue weighted by atomic mass is 16.5. The van der Waals surface area contributed by atoms with Gasteiger partial charge in [0.15, 0.2) is 18.1 Å². The average Bonchev–Trinajstić information content (AvgIpc) is 2.80. The van der Waals surface area contributed by atoms with Gasteiger partial charge in [0.2, 0.25) is 5.91 Å². The van der Waals surface area contributed by atoms with E-state index in [4.69, 9.17) is 14.2 Å². The van der Waals surface area contributed by atoms with E-state index in [1.807, 2.05) is 44.2 Å². The van der Waals surface area contributed by atoms with Crippen LogP contribution in [0.1, 0.15) is 32.8 Å². The first-order valence-electron chi connectivity index (χ1n) is 10.4. The number of nitrogens with one attached hydrogen (secondary N) is 1. The number of hydrogen-bond donors (Lipinski definition) is 1. The Labute approximate surface area is 184 Å². The fraction of sp³-hybridized carbons (Fsp3) is 0.417. The predicted octanol–water partition coefficient (Wildman–Crippen LogP) is 3.41. The Morgan fingerprint density at radius 2 is 1.61 bits per heavy atom. The Morgan fingerprint density at radius 3 is 2.19 bits per heavy atom. The van der Waals surface area contributed by atoms with E-state index in [2.05, 4.69) is 5.32 Å². The van der Waals surface area contributed by atoms with Gasteiger partial charge in [0.25, 0.3) is 5.91 Å². The molecule has 2 amide bonds. The molecule has 0 saturated carbocycles. The SMILES string of the molecule is CC[C@H](C)NC(=O)[C@@H](C)N(Cc1ccc(OC)cc1)C(=O)COc1ccccc1OC. The van der Waals surface area contributed by atoms with Gasteiger partial charge in [-0.3, -0.25) is 9.59 Å². The van der Waals surface area contributed by atoms with Crippen LogP contribution in [-0.2, 0) is 16.1 Å². The third-order valence-corrected chi connectivity index (χ3v) is 5.10. The summed E-state index contributed by atoms with van der Waals surface area (Å²) in [6.45, 7) is 5.72. The van der Waals surface area contributed by atoms with Crippen LogP contribution in [0.15, 0.2) is 48.5 Å². The van der Waals surface area contributed by atoms with Gasteiger partial charge in [0, 0.05) is 12.6 Å². The molecule has 7 heteroatoms. The zero-order chi connectivity index (χ0) is 22.8. The van der Waals surface area contributed by atoms with Gasteiger partial charge in [-0.25, -0.2) is 0 Å². The largest absolute Gasteiger partial charge is 0.497 e. The Morgan fingerprint density at radius 1 is 0.968 bits per heavy atom. The second kappa shape index (κ2) is 11.8.